The van der Waals surface area contributed by atoms with Crippen LogP contribution in [0.4, 0.5) is 10.1 Å². The maximum Gasteiger partial charge on any atom is 0.324 e. The third kappa shape index (κ3) is 5.23. The van der Waals surface area contributed by atoms with Crippen LogP contribution in [-0.4, -0.2) is 46.9 Å². The van der Waals surface area contributed by atoms with Gasteiger partial charge in [0.25, 0.3) is 5.91 Å². The predicted octanol–water partition coefficient (Wildman–Crippen LogP) is 5.33. The van der Waals surface area contributed by atoms with Crippen LogP contribution in [-0.2, 0) is 0 Å². The maximum absolute atomic E-state index is 13.2. The number of carbonyl (C=O) groups excluding carboxylic acids is 1. The van der Waals surface area contributed by atoms with Gasteiger partial charge in [-0.3, -0.25) is 19.8 Å². The standard InChI is InChI=1S/C18H19ClN4O3S2.ClH/c1-3-21(4-2)10-11-22(17(24)14-8-9-15(27-14)23(25)26)18-20-16-12(19)6-5-7-13(16)28-18;/h5-9H,3-4,10-11H2,1-2H3;1H. The number of likely N-dealkylation sites (N-methyl/N-ethyl adjacent to an activating group) is 1. The van der Waals surface area contributed by atoms with Crippen molar-refractivity contribution in [3.8, 4) is 0 Å². The SMILES string of the molecule is CCN(CC)CCN(C(=O)c1ccc([N+](=O)[O-])s1)c1nc2c(Cl)cccc2s1.Cl. The Balaban J connectivity index is 0.00000300. The fraction of sp³-hybridized carbons (Fsp3) is 0.333. The van der Waals surface area contributed by atoms with Gasteiger partial charge in [-0.15, -0.1) is 12.4 Å². The summed E-state index contributed by atoms with van der Waals surface area (Å²) < 4.78 is 0.889. The molecule has 11 heteroatoms. The molecule has 1 amide bonds. The summed E-state index contributed by atoms with van der Waals surface area (Å²) in [6.45, 7) is 6.98. The average Bonchev–Trinajstić information content (AvgIpc) is 3.33. The number of aromatic nitrogens is 1. The van der Waals surface area contributed by atoms with Crippen molar-refractivity contribution < 1.29 is 9.72 Å². The van der Waals surface area contributed by atoms with Crippen LogP contribution in [0, 0.1) is 10.1 Å². The number of rotatable bonds is 8. The third-order valence-electron chi connectivity index (χ3n) is 4.35. The number of thiazole rings is 1. The molecule has 3 rings (SSSR count). The van der Waals surface area contributed by atoms with Gasteiger partial charge in [0.15, 0.2) is 5.13 Å². The zero-order valence-corrected chi connectivity index (χ0v) is 19.0. The molecule has 3 aromatic rings. The molecule has 0 spiro atoms. The minimum Gasteiger partial charge on any atom is -0.302 e. The number of benzene rings is 1. The monoisotopic (exact) mass is 474 g/mol. The molecule has 2 aromatic heterocycles. The summed E-state index contributed by atoms with van der Waals surface area (Å²) >= 11 is 8.50. The molecule has 0 saturated carbocycles. The average molecular weight is 475 g/mol. The smallest absolute Gasteiger partial charge is 0.302 e. The Labute approximate surface area is 187 Å². The summed E-state index contributed by atoms with van der Waals surface area (Å²) in [5, 5.41) is 12.0. The summed E-state index contributed by atoms with van der Waals surface area (Å²) in [7, 11) is 0. The topological polar surface area (TPSA) is 79.6 Å². The number of anilines is 1. The number of carbonyl (C=O) groups is 1. The van der Waals surface area contributed by atoms with Crippen molar-refractivity contribution in [1.82, 2.24) is 9.88 Å². The van der Waals surface area contributed by atoms with Crippen LogP contribution in [0.2, 0.25) is 5.02 Å². The first-order valence-corrected chi connectivity index (χ1v) is 10.8. The molecular formula is C18H20Cl2N4O3S2. The molecule has 0 N–H and O–H groups in total. The lowest BCUT2D eigenvalue weighted by atomic mass is 10.3. The van der Waals surface area contributed by atoms with E-state index in [0.29, 0.717) is 33.6 Å². The zero-order chi connectivity index (χ0) is 20.3. The van der Waals surface area contributed by atoms with Crippen molar-refractivity contribution in [1.29, 1.82) is 0 Å². The molecule has 29 heavy (non-hydrogen) atoms. The summed E-state index contributed by atoms with van der Waals surface area (Å²) in [5.41, 5.74) is 0.655. The van der Waals surface area contributed by atoms with Crippen LogP contribution < -0.4 is 4.90 Å². The fourth-order valence-electron chi connectivity index (χ4n) is 2.76. The lowest BCUT2D eigenvalue weighted by Gasteiger charge is -2.24. The van der Waals surface area contributed by atoms with E-state index in [-0.39, 0.29) is 23.3 Å². The number of halogens is 2. The van der Waals surface area contributed by atoms with E-state index in [2.05, 4.69) is 23.7 Å². The molecule has 1 aromatic carbocycles. The molecule has 0 atom stereocenters. The Hall–Kier alpha value is -1.78. The van der Waals surface area contributed by atoms with E-state index in [0.717, 1.165) is 29.1 Å². The van der Waals surface area contributed by atoms with E-state index in [4.69, 9.17) is 11.6 Å². The fourth-order valence-corrected chi connectivity index (χ4v) is 4.82. The van der Waals surface area contributed by atoms with Gasteiger partial charge in [-0.05, 0) is 31.3 Å². The molecule has 0 radical (unpaired) electrons. The van der Waals surface area contributed by atoms with Crippen LogP contribution in [0.5, 0.6) is 0 Å². The molecule has 0 fully saturated rings. The highest BCUT2D eigenvalue weighted by Gasteiger charge is 2.25. The van der Waals surface area contributed by atoms with E-state index < -0.39 is 4.92 Å². The molecule has 7 nitrogen and oxygen atoms in total. The summed E-state index contributed by atoms with van der Waals surface area (Å²) in [6, 6.07) is 8.37. The molecule has 156 valence electrons. The second-order valence-electron chi connectivity index (χ2n) is 5.96. The molecule has 0 bridgehead atoms. The van der Waals surface area contributed by atoms with E-state index in [1.54, 1.807) is 11.0 Å². The zero-order valence-electron chi connectivity index (χ0n) is 15.8. The molecule has 0 aliphatic carbocycles. The van der Waals surface area contributed by atoms with Crippen molar-refractivity contribution in [3.05, 3.63) is 50.3 Å². The predicted molar refractivity (Wildman–Crippen MR) is 122 cm³/mol. The Bertz CT molecular complexity index is 1000. The molecule has 0 aliphatic rings. The van der Waals surface area contributed by atoms with E-state index in [9.17, 15) is 14.9 Å². The van der Waals surface area contributed by atoms with Gasteiger partial charge in [0.05, 0.1) is 19.5 Å². The number of para-hydroxylation sites is 1. The third-order valence-corrected chi connectivity index (χ3v) is 6.72. The Morgan fingerprint density at radius 2 is 1.90 bits per heavy atom. The van der Waals surface area contributed by atoms with E-state index in [1.807, 2.05) is 12.1 Å². The summed E-state index contributed by atoms with van der Waals surface area (Å²) in [6.07, 6.45) is 0. The molecule has 2 heterocycles. The Morgan fingerprint density at radius 3 is 2.48 bits per heavy atom. The van der Waals surface area contributed by atoms with Gasteiger partial charge >= 0.3 is 5.00 Å². The van der Waals surface area contributed by atoms with Crippen LogP contribution in [0.3, 0.4) is 0 Å². The summed E-state index contributed by atoms with van der Waals surface area (Å²) in [5.74, 6) is -0.291. The Morgan fingerprint density at radius 1 is 1.17 bits per heavy atom. The largest absolute Gasteiger partial charge is 0.324 e. The van der Waals surface area contributed by atoms with Gasteiger partial charge in [0.1, 0.15) is 5.52 Å². The van der Waals surface area contributed by atoms with Crippen LogP contribution >= 0.6 is 46.7 Å². The second kappa shape index (κ2) is 10.3. The molecule has 0 aliphatic heterocycles. The highest BCUT2D eigenvalue weighted by atomic mass is 35.5. The van der Waals surface area contributed by atoms with Gasteiger partial charge in [0.2, 0.25) is 0 Å². The van der Waals surface area contributed by atoms with Gasteiger partial charge in [-0.1, -0.05) is 54.2 Å². The van der Waals surface area contributed by atoms with Crippen molar-refractivity contribution in [2.24, 2.45) is 0 Å². The second-order valence-corrected chi connectivity index (χ2v) is 8.44. The van der Waals surface area contributed by atoms with Gasteiger partial charge < -0.3 is 4.90 Å². The number of hydrogen-bond acceptors (Lipinski definition) is 7. The summed E-state index contributed by atoms with van der Waals surface area (Å²) in [4.78, 5) is 32.3. The van der Waals surface area contributed by atoms with Crippen LogP contribution in [0.25, 0.3) is 10.2 Å². The number of nitrogens with zero attached hydrogens (tertiary/aromatic N) is 4. The maximum atomic E-state index is 13.2. The van der Waals surface area contributed by atoms with Gasteiger partial charge in [-0.25, -0.2) is 4.98 Å². The van der Waals surface area contributed by atoms with Crippen molar-refractivity contribution in [2.75, 3.05) is 31.1 Å². The highest BCUT2D eigenvalue weighted by molar-refractivity contribution is 7.22. The molecule has 0 unspecified atom stereocenters. The minimum atomic E-state index is -0.487. The van der Waals surface area contributed by atoms with Crippen molar-refractivity contribution in [2.45, 2.75) is 13.8 Å². The van der Waals surface area contributed by atoms with Crippen molar-refractivity contribution >= 4 is 72.9 Å². The Kier molecular flexibility index (Phi) is 8.35. The first kappa shape index (κ1) is 23.5. The van der Waals surface area contributed by atoms with Crippen molar-refractivity contribution in [3.63, 3.8) is 0 Å². The first-order valence-electron chi connectivity index (χ1n) is 8.78. The van der Waals surface area contributed by atoms with Crippen LogP contribution in [0.15, 0.2) is 30.3 Å². The van der Waals surface area contributed by atoms with Gasteiger partial charge in [0, 0.05) is 19.2 Å². The van der Waals surface area contributed by atoms with E-state index >= 15 is 0 Å². The number of thiophene rings is 1. The first-order chi connectivity index (χ1) is 13.4. The minimum absolute atomic E-state index is 0. The van der Waals surface area contributed by atoms with E-state index in [1.165, 1.54) is 23.5 Å². The number of amides is 1. The molecular weight excluding hydrogens is 455 g/mol. The van der Waals surface area contributed by atoms with Crippen LogP contribution in [0.1, 0.15) is 23.5 Å². The number of fused-ring (bicyclic) bond motifs is 1. The number of hydrogen-bond donors (Lipinski definition) is 0. The lowest BCUT2D eigenvalue weighted by molar-refractivity contribution is -0.380. The van der Waals surface area contributed by atoms with Gasteiger partial charge in [-0.2, -0.15) is 0 Å². The lowest BCUT2D eigenvalue weighted by Crippen LogP contribution is -2.38. The quantitative estimate of drug-likeness (QED) is 0.325. The molecule has 0 saturated heterocycles. The number of nitro groups is 1. The normalized spacial score (nSPS) is 10.9. The highest BCUT2D eigenvalue weighted by Crippen LogP contribution is 2.34.